The van der Waals surface area contributed by atoms with Crippen LogP contribution in [0.3, 0.4) is 0 Å². The molecule has 4 rings (SSSR count). The second-order valence-electron chi connectivity index (χ2n) is 7.44. The first-order valence-corrected chi connectivity index (χ1v) is 10.1. The summed E-state index contributed by atoms with van der Waals surface area (Å²) in [5.74, 6) is 0.658. The Bertz CT molecular complexity index is 1060. The number of ether oxygens (including phenoxy) is 2. The molecule has 0 fully saturated rings. The lowest BCUT2D eigenvalue weighted by atomic mass is 10.1. The van der Waals surface area contributed by atoms with Crippen molar-refractivity contribution in [3.63, 3.8) is 0 Å². The maximum Gasteiger partial charge on any atom is 0.387 e. The minimum atomic E-state index is -2.93. The number of hydrogen-bond donors (Lipinski definition) is 0. The zero-order chi connectivity index (χ0) is 21.4. The molecule has 1 aliphatic heterocycles. The van der Waals surface area contributed by atoms with Crippen molar-refractivity contribution < 1.29 is 18.3 Å². The third-order valence-corrected chi connectivity index (χ3v) is 5.31. The molecule has 1 aromatic carbocycles. The number of fused-ring (bicyclic) bond motifs is 1. The van der Waals surface area contributed by atoms with Crippen LogP contribution in [-0.2, 0) is 17.7 Å². The molecule has 0 saturated carbocycles. The smallest absolute Gasteiger partial charge is 0.387 e. The number of halogens is 3. The molecule has 3 aromatic rings. The number of aromatic nitrogens is 3. The zero-order valence-electron chi connectivity index (χ0n) is 17.0. The van der Waals surface area contributed by atoms with Crippen LogP contribution < -0.4 is 4.74 Å². The molecule has 3 heterocycles. The molecule has 2 aromatic heterocycles. The summed E-state index contributed by atoms with van der Waals surface area (Å²) in [6.45, 7) is 4.24. The van der Waals surface area contributed by atoms with E-state index in [4.69, 9.17) is 21.3 Å². The molecule has 0 amide bonds. The van der Waals surface area contributed by atoms with Gasteiger partial charge in [-0.15, -0.1) is 0 Å². The van der Waals surface area contributed by atoms with Crippen LogP contribution in [0, 0.1) is 13.8 Å². The van der Waals surface area contributed by atoms with Gasteiger partial charge in [-0.3, -0.25) is 4.98 Å². The van der Waals surface area contributed by atoms with Gasteiger partial charge in [0.25, 0.3) is 0 Å². The van der Waals surface area contributed by atoms with Crippen molar-refractivity contribution >= 4 is 11.6 Å². The number of nitrogens with zero attached hydrogens (tertiary/aromatic N) is 3. The lowest BCUT2D eigenvalue weighted by Crippen LogP contribution is -2.15. The Morgan fingerprint density at radius 2 is 1.87 bits per heavy atom. The van der Waals surface area contributed by atoms with Crippen LogP contribution in [0.15, 0.2) is 30.3 Å². The Hall–Kier alpha value is -2.51. The summed E-state index contributed by atoms with van der Waals surface area (Å²) in [5.41, 5.74) is 5.51. The highest BCUT2D eigenvalue weighted by atomic mass is 35.5. The average molecular weight is 434 g/mol. The Labute approximate surface area is 178 Å². The summed E-state index contributed by atoms with van der Waals surface area (Å²) in [5, 5.41) is 0.111. The Kier molecular flexibility index (Phi) is 5.75. The van der Waals surface area contributed by atoms with Gasteiger partial charge in [-0.2, -0.15) is 8.78 Å². The highest BCUT2D eigenvalue weighted by Crippen LogP contribution is 2.35. The van der Waals surface area contributed by atoms with Crippen LogP contribution in [-0.4, -0.2) is 33.9 Å². The van der Waals surface area contributed by atoms with Crippen molar-refractivity contribution in [3.05, 3.63) is 52.4 Å². The first kappa shape index (κ1) is 20.8. The molecule has 0 bridgehead atoms. The van der Waals surface area contributed by atoms with Gasteiger partial charge in [0.05, 0.1) is 30.0 Å². The molecule has 1 aliphatic rings. The van der Waals surface area contributed by atoms with Crippen molar-refractivity contribution in [3.8, 4) is 28.4 Å². The summed E-state index contributed by atoms with van der Waals surface area (Å²) in [6, 6.07) is 8.78. The van der Waals surface area contributed by atoms with Gasteiger partial charge in [0, 0.05) is 34.6 Å². The summed E-state index contributed by atoms with van der Waals surface area (Å²) in [7, 11) is 0. The van der Waals surface area contributed by atoms with Crippen LogP contribution in [0.5, 0.6) is 5.75 Å². The van der Waals surface area contributed by atoms with E-state index in [2.05, 4.69) is 14.3 Å². The van der Waals surface area contributed by atoms with Crippen molar-refractivity contribution in [2.45, 2.75) is 46.5 Å². The van der Waals surface area contributed by atoms with E-state index in [-0.39, 0.29) is 16.9 Å². The normalized spacial score (nSPS) is 16.4. The van der Waals surface area contributed by atoms with Gasteiger partial charge in [-0.05, 0) is 51.1 Å². The lowest BCUT2D eigenvalue weighted by Gasteiger charge is -2.13. The van der Waals surface area contributed by atoms with Crippen molar-refractivity contribution in [1.82, 2.24) is 14.5 Å². The molecule has 0 N–H and O–H groups in total. The number of pyridine rings is 1. The molecular weight excluding hydrogens is 412 g/mol. The maximum atomic E-state index is 12.6. The van der Waals surface area contributed by atoms with E-state index in [0.29, 0.717) is 19.6 Å². The molecule has 8 heteroatoms. The van der Waals surface area contributed by atoms with E-state index in [1.165, 1.54) is 6.07 Å². The Morgan fingerprint density at radius 1 is 1.13 bits per heavy atom. The van der Waals surface area contributed by atoms with Gasteiger partial charge in [0.2, 0.25) is 0 Å². The van der Waals surface area contributed by atoms with Gasteiger partial charge >= 0.3 is 6.61 Å². The van der Waals surface area contributed by atoms with Crippen LogP contribution in [0.2, 0.25) is 5.02 Å². The number of alkyl halides is 2. The van der Waals surface area contributed by atoms with Crippen molar-refractivity contribution in [2.75, 3.05) is 6.61 Å². The zero-order valence-corrected chi connectivity index (χ0v) is 17.7. The molecule has 1 atom stereocenters. The van der Waals surface area contributed by atoms with Crippen LogP contribution in [0.4, 0.5) is 8.78 Å². The maximum absolute atomic E-state index is 12.6. The van der Waals surface area contributed by atoms with E-state index < -0.39 is 6.61 Å². The Balaban J connectivity index is 1.86. The minimum absolute atomic E-state index is 0.0184. The molecule has 0 aliphatic carbocycles. The van der Waals surface area contributed by atoms with Crippen molar-refractivity contribution in [1.29, 1.82) is 0 Å². The van der Waals surface area contributed by atoms with Gasteiger partial charge in [-0.1, -0.05) is 11.6 Å². The molecule has 5 nitrogen and oxygen atoms in total. The number of hydrogen-bond acceptors (Lipinski definition) is 4. The summed E-state index contributed by atoms with van der Waals surface area (Å²) < 4.78 is 37.6. The third kappa shape index (κ3) is 4.18. The SMILES string of the molecule is Cc1cc(-c2nc(-c3ccc(OC(F)F)c(Cl)c3)n3c2CCOC(C)C3)cc(C)n1. The van der Waals surface area contributed by atoms with Gasteiger partial charge in [-0.25, -0.2) is 4.98 Å². The van der Waals surface area contributed by atoms with Crippen LogP contribution >= 0.6 is 11.6 Å². The minimum Gasteiger partial charge on any atom is -0.433 e. The van der Waals surface area contributed by atoms with E-state index in [1.807, 2.05) is 32.9 Å². The predicted octanol–water partition coefficient (Wildman–Crippen LogP) is 5.44. The number of aryl methyl sites for hydroxylation is 2. The Morgan fingerprint density at radius 3 is 2.53 bits per heavy atom. The highest BCUT2D eigenvalue weighted by Gasteiger charge is 2.24. The quantitative estimate of drug-likeness (QED) is 0.549. The molecular formula is C22H22ClF2N3O2. The number of rotatable bonds is 4. The van der Waals surface area contributed by atoms with E-state index in [1.54, 1.807) is 12.1 Å². The second kappa shape index (κ2) is 8.32. The lowest BCUT2D eigenvalue weighted by molar-refractivity contribution is -0.0497. The highest BCUT2D eigenvalue weighted by molar-refractivity contribution is 6.32. The molecule has 0 radical (unpaired) electrons. The summed E-state index contributed by atoms with van der Waals surface area (Å²) >= 11 is 6.20. The average Bonchev–Trinajstić information content (AvgIpc) is 2.89. The van der Waals surface area contributed by atoms with Gasteiger partial charge in [0.15, 0.2) is 0 Å². The number of imidazole rings is 1. The van der Waals surface area contributed by atoms with E-state index in [9.17, 15) is 8.78 Å². The second-order valence-corrected chi connectivity index (χ2v) is 7.84. The van der Waals surface area contributed by atoms with Gasteiger partial charge < -0.3 is 14.0 Å². The fraction of sp³-hybridized carbons (Fsp3) is 0.364. The first-order chi connectivity index (χ1) is 14.3. The van der Waals surface area contributed by atoms with E-state index >= 15 is 0 Å². The van der Waals surface area contributed by atoms with Gasteiger partial charge in [0.1, 0.15) is 11.6 Å². The third-order valence-electron chi connectivity index (χ3n) is 5.01. The van der Waals surface area contributed by atoms with Crippen LogP contribution in [0.25, 0.3) is 22.6 Å². The molecule has 30 heavy (non-hydrogen) atoms. The van der Waals surface area contributed by atoms with Crippen molar-refractivity contribution in [2.24, 2.45) is 0 Å². The monoisotopic (exact) mass is 433 g/mol. The van der Waals surface area contributed by atoms with E-state index in [0.717, 1.165) is 39.7 Å². The predicted molar refractivity (Wildman–Crippen MR) is 111 cm³/mol. The standard InChI is InChI=1S/C22H22ClF2N3O2/c1-12-8-16(9-13(2)26-12)20-18-6-7-29-14(3)11-28(18)21(27-20)15-4-5-19(17(23)10-15)30-22(24)25/h4-5,8-10,14,22H,6-7,11H2,1-3H3. The topological polar surface area (TPSA) is 49.2 Å². The van der Waals surface area contributed by atoms with Crippen LogP contribution in [0.1, 0.15) is 24.0 Å². The summed E-state index contributed by atoms with van der Waals surface area (Å²) in [6.07, 6.45) is 0.734. The fourth-order valence-electron chi connectivity index (χ4n) is 3.86. The first-order valence-electron chi connectivity index (χ1n) is 9.73. The molecule has 0 spiro atoms. The fourth-order valence-corrected chi connectivity index (χ4v) is 4.08. The molecule has 0 saturated heterocycles. The molecule has 1 unspecified atom stereocenters. The largest absolute Gasteiger partial charge is 0.433 e. The summed E-state index contributed by atoms with van der Waals surface area (Å²) in [4.78, 5) is 9.41. The molecule has 158 valence electrons. The number of benzene rings is 1.